The van der Waals surface area contributed by atoms with Crippen molar-refractivity contribution >= 4 is 11.1 Å². The van der Waals surface area contributed by atoms with Crippen LogP contribution < -0.4 is 6.15 Å². The van der Waals surface area contributed by atoms with Gasteiger partial charge in [0.2, 0.25) is 0 Å². The van der Waals surface area contributed by atoms with Gasteiger partial charge in [0.15, 0.2) is 11.1 Å². The summed E-state index contributed by atoms with van der Waals surface area (Å²) in [6, 6.07) is 7.04. The first-order chi connectivity index (χ1) is 4.72. The van der Waals surface area contributed by atoms with Crippen molar-refractivity contribution in [2.45, 2.75) is 11.8 Å². The zero-order chi connectivity index (χ0) is 7.56. The van der Waals surface area contributed by atoms with E-state index in [1.165, 1.54) is 0 Å². The van der Waals surface area contributed by atoms with Crippen LogP contribution in [0.1, 0.15) is 5.56 Å². The van der Waals surface area contributed by atoms with E-state index in [0.717, 1.165) is 5.56 Å². The fraction of sp³-hybridized carbons (Fsp3) is 0.143. The smallest absolute Gasteiger partial charge is 0.186 e. The zero-order valence-corrected chi connectivity index (χ0v) is 7.10. The minimum atomic E-state index is -1.84. The Bertz CT molecular complexity index is 262. The number of hydrogen-bond donors (Lipinski definition) is 2. The highest BCUT2D eigenvalue weighted by molar-refractivity contribution is 7.79. The summed E-state index contributed by atoms with van der Waals surface area (Å²) in [6.07, 6.45) is 0. The molecule has 4 N–H and O–H groups in total. The first-order valence-electron chi connectivity index (χ1n) is 2.88. The summed E-state index contributed by atoms with van der Waals surface area (Å²) in [5.74, 6) is 0. The van der Waals surface area contributed by atoms with Crippen molar-refractivity contribution in [3.8, 4) is 0 Å². The van der Waals surface area contributed by atoms with E-state index in [4.69, 9.17) is 4.55 Å². The van der Waals surface area contributed by atoms with E-state index in [0.29, 0.717) is 4.90 Å². The molecule has 0 spiro atoms. The van der Waals surface area contributed by atoms with Crippen molar-refractivity contribution in [1.82, 2.24) is 6.15 Å². The maximum atomic E-state index is 10.5. The monoisotopic (exact) mass is 173 g/mol. The summed E-state index contributed by atoms with van der Waals surface area (Å²) in [4.78, 5) is 0.488. The van der Waals surface area contributed by atoms with Gasteiger partial charge in [-0.15, -0.1) is 0 Å². The fourth-order valence-corrected chi connectivity index (χ4v) is 1.29. The highest BCUT2D eigenvalue weighted by Gasteiger charge is 2.00. The Kier molecular flexibility index (Phi) is 3.95. The van der Waals surface area contributed by atoms with Gasteiger partial charge in [-0.05, 0) is 18.6 Å². The summed E-state index contributed by atoms with van der Waals surface area (Å²) >= 11 is -1.84. The first-order valence-corrected chi connectivity index (χ1v) is 3.99. The summed E-state index contributed by atoms with van der Waals surface area (Å²) in [5, 5.41) is 0. The van der Waals surface area contributed by atoms with E-state index in [-0.39, 0.29) is 6.15 Å². The Morgan fingerprint density at radius 2 is 1.91 bits per heavy atom. The van der Waals surface area contributed by atoms with Gasteiger partial charge in [0.05, 0.1) is 4.90 Å². The van der Waals surface area contributed by atoms with Crippen molar-refractivity contribution in [2.24, 2.45) is 0 Å². The average molecular weight is 173 g/mol. The van der Waals surface area contributed by atoms with Crippen molar-refractivity contribution in [3.05, 3.63) is 29.8 Å². The molecule has 0 fully saturated rings. The molecule has 62 valence electrons. The minimum absolute atomic E-state index is 0. The highest BCUT2D eigenvalue weighted by Crippen LogP contribution is 2.09. The van der Waals surface area contributed by atoms with Crippen LogP contribution in [-0.4, -0.2) is 8.76 Å². The molecule has 0 bridgehead atoms. The van der Waals surface area contributed by atoms with Crippen molar-refractivity contribution < 1.29 is 8.76 Å². The molecular weight excluding hydrogens is 162 g/mol. The lowest BCUT2D eigenvalue weighted by Crippen LogP contribution is -1.90. The minimum Gasteiger partial charge on any atom is -0.344 e. The van der Waals surface area contributed by atoms with Crippen LogP contribution in [0.5, 0.6) is 0 Å². The van der Waals surface area contributed by atoms with Gasteiger partial charge in [0, 0.05) is 0 Å². The second-order valence-corrected chi connectivity index (χ2v) is 2.95. The quantitative estimate of drug-likeness (QED) is 0.635. The molecule has 0 aliphatic carbocycles. The van der Waals surface area contributed by atoms with Crippen LogP contribution in [0.2, 0.25) is 0 Å². The van der Waals surface area contributed by atoms with Crippen LogP contribution in [0.4, 0.5) is 0 Å². The third kappa shape index (κ3) is 2.42. The van der Waals surface area contributed by atoms with Crippen molar-refractivity contribution in [1.29, 1.82) is 0 Å². The zero-order valence-electron chi connectivity index (χ0n) is 6.28. The summed E-state index contributed by atoms with van der Waals surface area (Å²) in [7, 11) is 0. The maximum absolute atomic E-state index is 10.5. The van der Waals surface area contributed by atoms with Crippen molar-refractivity contribution in [3.63, 3.8) is 0 Å². The molecule has 0 saturated heterocycles. The molecule has 0 heterocycles. The largest absolute Gasteiger partial charge is 0.344 e. The Balaban J connectivity index is 0.000001000. The molecule has 1 rings (SSSR count). The van der Waals surface area contributed by atoms with Gasteiger partial charge >= 0.3 is 0 Å². The van der Waals surface area contributed by atoms with Gasteiger partial charge < -0.3 is 10.7 Å². The lowest BCUT2D eigenvalue weighted by Gasteiger charge is -1.97. The normalized spacial score (nSPS) is 11.8. The summed E-state index contributed by atoms with van der Waals surface area (Å²) in [5.41, 5.74) is 0.850. The molecule has 0 saturated carbocycles. The molecule has 1 aromatic rings. The number of benzene rings is 1. The van der Waals surface area contributed by atoms with Crippen LogP contribution in [0.3, 0.4) is 0 Å². The van der Waals surface area contributed by atoms with Gasteiger partial charge in [0.1, 0.15) is 0 Å². The standard InChI is InChI=1S/C7H8O2S.H3N/c1-6-4-2-3-5-7(6)10(8)9;/h2-5H,1H3,(H,8,9);1H3. The average Bonchev–Trinajstić information content (AvgIpc) is 1.88. The third-order valence-corrected chi connectivity index (χ3v) is 2.12. The molecule has 1 aromatic carbocycles. The fourth-order valence-electron chi connectivity index (χ4n) is 0.752. The van der Waals surface area contributed by atoms with E-state index in [1.807, 2.05) is 19.1 Å². The van der Waals surface area contributed by atoms with Crippen LogP contribution in [-0.2, 0) is 11.1 Å². The molecule has 1 atom stereocenters. The van der Waals surface area contributed by atoms with Crippen LogP contribution >= 0.6 is 0 Å². The lowest BCUT2D eigenvalue weighted by molar-refractivity contribution is 0.564. The van der Waals surface area contributed by atoms with Gasteiger partial charge in [-0.3, -0.25) is 0 Å². The molecule has 11 heavy (non-hydrogen) atoms. The Morgan fingerprint density at radius 1 is 1.36 bits per heavy atom. The van der Waals surface area contributed by atoms with E-state index < -0.39 is 11.1 Å². The van der Waals surface area contributed by atoms with E-state index in [9.17, 15) is 4.21 Å². The molecule has 0 aromatic heterocycles. The Labute approximate surface area is 68.3 Å². The van der Waals surface area contributed by atoms with Crippen LogP contribution in [0, 0.1) is 6.92 Å². The molecule has 1 unspecified atom stereocenters. The second kappa shape index (κ2) is 4.23. The van der Waals surface area contributed by atoms with E-state index in [2.05, 4.69) is 0 Å². The van der Waals surface area contributed by atoms with E-state index >= 15 is 0 Å². The van der Waals surface area contributed by atoms with Gasteiger partial charge in [-0.25, -0.2) is 4.21 Å². The predicted octanol–water partition coefficient (Wildman–Crippen LogP) is 1.74. The Morgan fingerprint density at radius 3 is 2.27 bits per heavy atom. The Hall–Kier alpha value is -0.710. The van der Waals surface area contributed by atoms with Crippen LogP contribution in [0.15, 0.2) is 29.2 Å². The number of hydrogen-bond acceptors (Lipinski definition) is 2. The summed E-state index contributed by atoms with van der Waals surface area (Å²) < 4.78 is 19.2. The summed E-state index contributed by atoms with van der Waals surface area (Å²) in [6.45, 7) is 1.81. The molecule has 3 nitrogen and oxygen atoms in total. The van der Waals surface area contributed by atoms with Crippen molar-refractivity contribution in [2.75, 3.05) is 0 Å². The molecule has 0 radical (unpaired) electrons. The molecule has 4 heteroatoms. The highest BCUT2D eigenvalue weighted by atomic mass is 32.2. The first kappa shape index (κ1) is 10.3. The number of rotatable bonds is 1. The third-order valence-electron chi connectivity index (χ3n) is 1.28. The van der Waals surface area contributed by atoms with E-state index in [1.54, 1.807) is 12.1 Å². The SMILES string of the molecule is Cc1ccccc1S(=O)O.N. The van der Waals surface area contributed by atoms with Gasteiger partial charge in [0.25, 0.3) is 0 Å². The molecule has 0 aliphatic rings. The maximum Gasteiger partial charge on any atom is 0.186 e. The number of aryl methyl sites for hydroxylation is 1. The molecule has 0 amide bonds. The second-order valence-electron chi connectivity index (χ2n) is 2.01. The van der Waals surface area contributed by atoms with Gasteiger partial charge in [-0.2, -0.15) is 0 Å². The molecular formula is C7H11NO2S. The lowest BCUT2D eigenvalue weighted by atomic mass is 10.2. The molecule has 0 aliphatic heterocycles. The predicted molar refractivity (Wildman–Crippen MR) is 45.2 cm³/mol. The van der Waals surface area contributed by atoms with Gasteiger partial charge in [-0.1, -0.05) is 18.2 Å². The van der Waals surface area contributed by atoms with Crippen LogP contribution in [0.25, 0.3) is 0 Å². The topological polar surface area (TPSA) is 72.3 Å².